The summed E-state index contributed by atoms with van der Waals surface area (Å²) in [5.74, 6) is 0. The van der Waals surface area contributed by atoms with Crippen LogP contribution in [0.15, 0.2) is 187 Å². The lowest BCUT2D eigenvalue weighted by Crippen LogP contribution is -2.13. The molecule has 1 aromatic heterocycles. The summed E-state index contributed by atoms with van der Waals surface area (Å²) in [5, 5.41) is 9.37. The van der Waals surface area contributed by atoms with E-state index in [4.69, 9.17) is 4.42 Å². The molecule has 0 amide bonds. The third-order valence-electron chi connectivity index (χ3n) is 11.2. The van der Waals surface area contributed by atoms with E-state index in [-0.39, 0.29) is 0 Å². The van der Waals surface area contributed by atoms with Crippen molar-refractivity contribution >= 4 is 83.5 Å². The summed E-state index contributed by atoms with van der Waals surface area (Å²) in [6.07, 6.45) is 6.34. The quantitative estimate of drug-likeness (QED) is 0.153. The van der Waals surface area contributed by atoms with Crippen molar-refractivity contribution in [2.24, 2.45) is 0 Å². The Kier molecular flexibility index (Phi) is 8.12. The molecule has 0 fully saturated rings. The largest absolute Gasteiger partial charge is 0.455 e. The highest BCUT2D eigenvalue weighted by molar-refractivity contribution is 6.32. The number of hydrogen-bond acceptors (Lipinski definition) is 2. The number of furan rings is 1. The van der Waals surface area contributed by atoms with Crippen molar-refractivity contribution in [1.29, 1.82) is 0 Å². The maximum Gasteiger partial charge on any atom is 0.143 e. The summed E-state index contributed by atoms with van der Waals surface area (Å²) in [7, 11) is 0. The van der Waals surface area contributed by atoms with E-state index in [0.717, 1.165) is 55.5 Å². The zero-order valence-electron chi connectivity index (χ0n) is 31.5. The first kappa shape index (κ1) is 33.4. The van der Waals surface area contributed by atoms with E-state index in [1.54, 1.807) is 0 Å². The first-order valence-electron chi connectivity index (χ1n) is 19.2. The average molecular weight is 718 g/mol. The summed E-state index contributed by atoms with van der Waals surface area (Å²) in [5.41, 5.74) is 12.9. The van der Waals surface area contributed by atoms with Gasteiger partial charge in [0, 0.05) is 39.2 Å². The molecule has 0 aliphatic carbocycles. The Morgan fingerprint density at radius 3 is 1.64 bits per heavy atom. The van der Waals surface area contributed by atoms with E-state index in [1.807, 2.05) is 6.08 Å². The fourth-order valence-electron chi connectivity index (χ4n) is 8.71. The SMILES string of the molecule is C=Cc1c(/C=C\C)c(N(c2ccc(-c3ccccc3)cc2)c2ccc(-c3ccccc3)cc2C)cc2oc3c(ccc4c5ccccc5c5ccccc5c43)c12. The second-order valence-electron chi connectivity index (χ2n) is 14.5. The van der Waals surface area contributed by atoms with E-state index < -0.39 is 0 Å². The third kappa shape index (κ3) is 5.33. The Labute approximate surface area is 326 Å². The molecule has 2 heteroatoms. The molecular formula is C54H39NO. The Bertz CT molecular complexity index is 3120. The fraction of sp³-hybridized carbons (Fsp3) is 0.0370. The Balaban J connectivity index is 1.27. The van der Waals surface area contributed by atoms with Crippen molar-refractivity contribution in [3.63, 3.8) is 0 Å². The molecular weight excluding hydrogens is 679 g/mol. The second-order valence-corrected chi connectivity index (χ2v) is 14.5. The molecule has 0 spiro atoms. The maximum atomic E-state index is 7.15. The van der Waals surface area contributed by atoms with Gasteiger partial charge in [0.05, 0.1) is 5.69 Å². The van der Waals surface area contributed by atoms with E-state index in [1.165, 1.54) is 54.7 Å². The van der Waals surface area contributed by atoms with Gasteiger partial charge in [-0.1, -0.05) is 158 Å². The average Bonchev–Trinajstić information content (AvgIpc) is 3.63. The highest BCUT2D eigenvalue weighted by Gasteiger charge is 2.25. The Morgan fingerprint density at radius 1 is 0.482 bits per heavy atom. The number of nitrogens with zero attached hydrogens (tertiary/aromatic N) is 1. The number of allylic oxidation sites excluding steroid dienone is 1. The number of fused-ring (bicyclic) bond motifs is 10. The smallest absolute Gasteiger partial charge is 0.143 e. The minimum absolute atomic E-state index is 0.826. The summed E-state index contributed by atoms with van der Waals surface area (Å²) < 4.78 is 7.15. The molecule has 56 heavy (non-hydrogen) atoms. The molecule has 0 unspecified atom stereocenters. The standard InChI is InChI=1S/C54H39NO/c1-4-16-45-41(5-2)52-48-31-30-47-44-23-13-12-21-42(44)43-22-14-15-24-46(43)53(47)54(48)56-51(52)34-50(45)55(40-28-25-38(26-29-40)36-17-8-6-9-18-36)49-32-27-39(33-35(49)3)37-19-10-7-11-20-37/h4-34H,2H2,1,3H3/b16-4-. The highest BCUT2D eigenvalue weighted by atomic mass is 16.3. The van der Waals surface area contributed by atoms with Crippen LogP contribution < -0.4 is 4.90 Å². The van der Waals surface area contributed by atoms with Gasteiger partial charge in [-0.3, -0.25) is 0 Å². The summed E-state index contributed by atoms with van der Waals surface area (Å²) in [6.45, 7) is 8.71. The van der Waals surface area contributed by atoms with Crippen LogP contribution in [0.4, 0.5) is 17.1 Å². The van der Waals surface area contributed by atoms with Gasteiger partial charge >= 0.3 is 0 Å². The summed E-state index contributed by atoms with van der Waals surface area (Å²) >= 11 is 0. The fourth-order valence-corrected chi connectivity index (χ4v) is 8.71. The van der Waals surface area contributed by atoms with Gasteiger partial charge in [0.15, 0.2) is 0 Å². The van der Waals surface area contributed by atoms with Crippen molar-refractivity contribution in [2.75, 3.05) is 4.90 Å². The minimum Gasteiger partial charge on any atom is -0.455 e. The minimum atomic E-state index is 0.826. The molecule has 0 atom stereocenters. The van der Waals surface area contributed by atoms with Gasteiger partial charge in [0.2, 0.25) is 0 Å². The molecule has 1 heterocycles. The van der Waals surface area contributed by atoms with Crippen molar-refractivity contribution in [1.82, 2.24) is 0 Å². The maximum absolute atomic E-state index is 7.15. The van der Waals surface area contributed by atoms with E-state index >= 15 is 0 Å². The van der Waals surface area contributed by atoms with Gasteiger partial charge < -0.3 is 9.32 Å². The Hall–Kier alpha value is -7.16. The molecule has 0 saturated carbocycles. The van der Waals surface area contributed by atoms with Crippen LogP contribution in [0.25, 0.3) is 88.7 Å². The van der Waals surface area contributed by atoms with Crippen LogP contribution in [0.2, 0.25) is 0 Å². The lowest BCUT2D eigenvalue weighted by atomic mass is 9.92. The van der Waals surface area contributed by atoms with Crippen molar-refractivity contribution in [3.05, 3.63) is 199 Å². The monoisotopic (exact) mass is 717 g/mol. The molecule has 10 rings (SSSR count). The molecule has 0 aliphatic rings. The number of benzene rings is 9. The van der Waals surface area contributed by atoms with Gasteiger partial charge in [0.1, 0.15) is 11.2 Å². The molecule has 0 N–H and O–H groups in total. The van der Waals surface area contributed by atoms with Gasteiger partial charge in [0.25, 0.3) is 0 Å². The molecule has 10 aromatic rings. The molecule has 2 nitrogen and oxygen atoms in total. The van der Waals surface area contributed by atoms with Crippen LogP contribution in [0, 0.1) is 6.92 Å². The van der Waals surface area contributed by atoms with Crippen LogP contribution >= 0.6 is 0 Å². The molecule has 9 aromatic carbocycles. The van der Waals surface area contributed by atoms with Crippen molar-refractivity contribution in [3.8, 4) is 22.3 Å². The van der Waals surface area contributed by atoms with E-state index in [0.29, 0.717) is 0 Å². The Morgan fingerprint density at radius 2 is 1.02 bits per heavy atom. The lowest BCUT2D eigenvalue weighted by molar-refractivity contribution is 0.673. The van der Waals surface area contributed by atoms with E-state index in [9.17, 15) is 0 Å². The number of aryl methyl sites for hydroxylation is 1. The van der Waals surface area contributed by atoms with Crippen LogP contribution in [-0.4, -0.2) is 0 Å². The molecule has 0 aliphatic heterocycles. The molecule has 266 valence electrons. The summed E-state index contributed by atoms with van der Waals surface area (Å²) in [6, 6.07) is 61.0. The topological polar surface area (TPSA) is 16.4 Å². The molecule has 0 bridgehead atoms. The normalized spacial score (nSPS) is 11.8. The zero-order valence-corrected chi connectivity index (χ0v) is 31.5. The predicted octanol–water partition coefficient (Wildman–Crippen LogP) is 15.8. The first-order valence-corrected chi connectivity index (χ1v) is 19.2. The second kappa shape index (κ2) is 13.6. The number of hydrogen-bond donors (Lipinski definition) is 0. The van der Waals surface area contributed by atoms with Crippen LogP contribution in [0.5, 0.6) is 0 Å². The highest BCUT2D eigenvalue weighted by Crippen LogP contribution is 2.48. The molecule has 0 radical (unpaired) electrons. The first-order chi connectivity index (χ1) is 27.6. The number of anilines is 3. The predicted molar refractivity (Wildman–Crippen MR) is 241 cm³/mol. The van der Waals surface area contributed by atoms with Gasteiger partial charge in [-0.15, -0.1) is 0 Å². The molecule has 0 saturated heterocycles. The van der Waals surface area contributed by atoms with Crippen LogP contribution in [-0.2, 0) is 0 Å². The van der Waals surface area contributed by atoms with E-state index in [2.05, 4.69) is 207 Å². The summed E-state index contributed by atoms with van der Waals surface area (Å²) in [4.78, 5) is 2.38. The van der Waals surface area contributed by atoms with Gasteiger partial charge in [-0.2, -0.15) is 0 Å². The number of rotatable bonds is 7. The van der Waals surface area contributed by atoms with Crippen molar-refractivity contribution < 1.29 is 4.42 Å². The van der Waals surface area contributed by atoms with Crippen LogP contribution in [0.3, 0.4) is 0 Å². The third-order valence-corrected chi connectivity index (χ3v) is 11.2. The van der Waals surface area contributed by atoms with Crippen molar-refractivity contribution in [2.45, 2.75) is 13.8 Å². The van der Waals surface area contributed by atoms with Gasteiger partial charge in [-0.25, -0.2) is 0 Å². The zero-order chi connectivity index (χ0) is 37.8. The van der Waals surface area contributed by atoms with Crippen LogP contribution in [0.1, 0.15) is 23.6 Å². The lowest BCUT2D eigenvalue weighted by Gasteiger charge is -2.30. The van der Waals surface area contributed by atoms with Gasteiger partial charge in [-0.05, 0) is 104 Å².